The fraction of sp³-hybridized carbons (Fsp3) is 0.290. The van der Waals surface area contributed by atoms with E-state index in [2.05, 4.69) is 69.0 Å². The Morgan fingerprint density at radius 1 is 0.973 bits per heavy atom. The van der Waals surface area contributed by atoms with Crippen LogP contribution < -0.4 is 4.74 Å². The molecule has 0 radical (unpaired) electrons. The van der Waals surface area contributed by atoms with Crippen molar-refractivity contribution in [2.24, 2.45) is 11.8 Å². The van der Waals surface area contributed by atoms with E-state index < -0.39 is 0 Å². The van der Waals surface area contributed by atoms with Crippen LogP contribution >= 0.6 is 0 Å². The largest absolute Gasteiger partial charge is 0.497 e. The van der Waals surface area contributed by atoms with Gasteiger partial charge in [0.1, 0.15) is 11.6 Å². The summed E-state index contributed by atoms with van der Waals surface area (Å²) < 4.78 is 7.81. The van der Waals surface area contributed by atoms with Gasteiger partial charge < -0.3 is 19.2 Å². The smallest absolute Gasteiger partial charge is 0.225 e. The number of hydrogen-bond acceptors (Lipinski definition) is 3. The highest BCUT2D eigenvalue weighted by Gasteiger charge is 2.36. The molecule has 2 aromatic heterocycles. The quantitative estimate of drug-likeness (QED) is 0.312. The SMILES string of the molecule is COc1ccc2c(c1)nc(-c1ccc(-c3ccc4[nH]ccc4c3)cc1)n2C[C@@H]1CCN(C(=O)C2CC2)C1. The molecule has 0 unspecified atom stereocenters. The summed E-state index contributed by atoms with van der Waals surface area (Å²) in [5.41, 5.74) is 6.65. The third-order valence-electron chi connectivity index (χ3n) is 7.95. The first-order valence-corrected chi connectivity index (χ1v) is 13.2. The number of carbonyl (C=O) groups excluding carboxylic acids is 1. The molecule has 37 heavy (non-hydrogen) atoms. The van der Waals surface area contributed by atoms with Gasteiger partial charge in [-0.1, -0.05) is 30.3 Å². The van der Waals surface area contributed by atoms with E-state index in [0.29, 0.717) is 11.8 Å². The van der Waals surface area contributed by atoms with Gasteiger partial charge in [-0.2, -0.15) is 0 Å². The molecule has 1 aliphatic heterocycles. The summed E-state index contributed by atoms with van der Waals surface area (Å²) in [6.45, 7) is 2.56. The van der Waals surface area contributed by atoms with Crippen LogP contribution in [0.3, 0.4) is 0 Å². The lowest BCUT2D eigenvalue weighted by molar-refractivity contribution is -0.131. The Kier molecular flexibility index (Phi) is 5.27. The number of fused-ring (bicyclic) bond motifs is 2. The van der Waals surface area contributed by atoms with Crippen molar-refractivity contribution in [1.82, 2.24) is 19.4 Å². The van der Waals surface area contributed by atoms with Gasteiger partial charge in [-0.25, -0.2) is 4.98 Å². The fourth-order valence-electron chi connectivity index (χ4n) is 5.71. The van der Waals surface area contributed by atoms with Gasteiger partial charge >= 0.3 is 0 Å². The van der Waals surface area contributed by atoms with Crippen LogP contribution in [0.5, 0.6) is 5.75 Å². The summed E-state index contributed by atoms with van der Waals surface area (Å²) in [5.74, 6) is 2.83. The number of methoxy groups -OCH3 is 1. The van der Waals surface area contributed by atoms with E-state index in [0.717, 1.165) is 72.6 Å². The van der Waals surface area contributed by atoms with Crippen LogP contribution in [0, 0.1) is 11.8 Å². The molecule has 0 spiro atoms. The van der Waals surface area contributed by atoms with Crippen LogP contribution in [-0.4, -0.2) is 45.5 Å². The van der Waals surface area contributed by atoms with Crippen molar-refractivity contribution in [2.45, 2.75) is 25.8 Å². The average Bonchev–Trinajstić information content (AvgIpc) is 3.33. The van der Waals surface area contributed by atoms with Crippen molar-refractivity contribution in [3.8, 4) is 28.3 Å². The van der Waals surface area contributed by atoms with E-state index in [-0.39, 0.29) is 5.92 Å². The van der Waals surface area contributed by atoms with Gasteiger partial charge in [0.2, 0.25) is 5.91 Å². The van der Waals surface area contributed by atoms with Crippen LogP contribution in [0.2, 0.25) is 0 Å². The lowest BCUT2D eigenvalue weighted by Gasteiger charge is -2.18. The van der Waals surface area contributed by atoms with Crippen molar-refractivity contribution in [1.29, 1.82) is 0 Å². The molecule has 6 nitrogen and oxygen atoms in total. The molecule has 186 valence electrons. The number of amides is 1. The number of nitrogens with zero attached hydrogens (tertiary/aromatic N) is 3. The number of aromatic amines is 1. The van der Waals surface area contributed by atoms with Gasteiger partial charge in [-0.15, -0.1) is 0 Å². The molecule has 1 saturated heterocycles. The molecule has 3 aromatic carbocycles. The Hall–Kier alpha value is -4.06. The van der Waals surface area contributed by atoms with Gasteiger partial charge in [0.05, 0.1) is 18.1 Å². The molecule has 7 rings (SSSR count). The monoisotopic (exact) mass is 490 g/mol. The first-order valence-electron chi connectivity index (χ1n) is 13.2. The van der Waals surface area contributed by atoms with Crippen molar-refractivity contribution in [2.75, 3.05) is 20.2 Å². The highest BCUT2D eigenvalue weighted by atomic mass is 16.5. The van der Waals surface area contributed by atoms with E-state index in [1.54, 1.807) is 7.11 Å². The number of H-pyrrole nitrogens is 1. The summed E-state index contributed by atoms with van der Waals surface area (Å²) in [5, 5.41) is 1.21. The van der Waals surface area contributed by atoms with Gasteiger partial charge in [-0.05, 0) is 72.0 Å². The number of imidazole rings is 1. The number of carbonyl (C=O) groups is 1. The number of hydrogen-bond donors (Lipinski definition) is 1. The summed E-state index contributed by atoms with van der Waals surface area (Å²) >= 11 is 0. The van der Waals surface area contributed by atoms with E-state index in [9.17, 15) is 4.79 Å². The molecule has 0 bridgehead atoms. The lowest BCUT2D eigenvalue weighted by atomic mass is 10.0. The summed E-state index contributed by atoms with van der Waals surface area (Å²) in [6, 6.07) is 23.4. The maximum Gasteiger partial charge on any atom is 0.225 e. The highest BCUT2D eigenvalue weighted by Crippen LogP contribution is 2.35. The van der Waals surface area contributed by atoms with Crippen LogP contribution in [0.25, 0.3) is 44.5 Å². The molecule has 1 N–H and O–H groups in total. The third kappa shape index (κ3) is 4.06. The Labute approximate surface area is 215 Å². The zero-order chi connectivity index (χ0) is 24.9. The highest BCUT2D eigenvalue weighted by molar-refractivity contribution is 5.86. The predicted octanol–water partition coefficient (Wildman–Crippen LogP) is 6.12. The lowest BCUT2D eigenvalue weighted by Crippen LogP contribution is -2.30. The number of aromatic nitrogens is 3. The Bertz CT molecular complexity index is 1610. The molecule has 3 heterocycles. The van der Waals surface area contributed by atoms with E-state index in [4.69, 9.17) is 9.72 Å². The molecular weight excluding hydrogens is 460 g/mol. The van der Waals surface area contributed by atoms with Crippen LogP contribution in [0.1, 0.15) is 19.3 Å². The number of ether oxygens (including phenoxy) is 1. The minimum absolute atomic E-state index is 0.285. The molecule has 1 aliphatic carbocycles. The van der Waals surface area contributed by atoms with E-state index >= 15 is 0 Å². The summed E-state index contributed by atoms with van der Waals surface area (Å²) in [7, 11) is 1.69. The zero-order valence-electron chi connectivity index (χ0n) is 21.0. The van der Waals surface area contributed by atoms with Crippen LogP contribution in [-0.2, 0) is 11.3 Å². The minimum atomic E-state index is 0.285. The normalized spacial score (nSPS) is 17.6. The molecule has 1 amide bonds. The zero-order valence-corrected chi connectivity index (χ0v) is 21.0. The first-order chi connectivity index (χ1) is 18.2. The molecule has 2 aliphatic rings. The second-order valence-corrected chi connectivity index (χ2v) is 10.5. The second kappa shape index (κ2) is 8.80. The number of rotatable bonds is 6. The first kappa shape index (κ1) is 22.2. The molecule has 6 heteroatoms. The van der Waals surface area contributed by atoms with Gasteiger partial charge in [-0.3, -0.25) is 4.79 Å². The van der Waals surface area contributed by atoms with Crippen LogP contribution in [0.15, 0.2) is 72.9 Å². The maximum absolute atomic E-state index is 12.6. The second-order valence-electron chi connectivity index (χ2n) is 10.5. The Morgan fingerprint density at radius 3 is 2.59 bits per heavy atom. The van der Waals surface area contributed by atoms with Crippen LogP contribution in [0.4, 0.5) is 0 Å². The van der Waals surface area contributed by atoms with Crippen molar-refractivity contribution in [3.63, 3.8) is 0 Å². The van der Waals surface area contributed by atoms with Crippen molar-refractivity contribution < 1.29 is 9.53 Å². The average molecular weight is 491 g/mol. The molecule has 5 aromatic rings. The molecular formula is C31H30N4O2. The molecule has 1 atom stereocenters. The van der Waals surface area contributed by atoms with Crippen molar-refractivity contribution in [3.05, 3.63) is 72.9 Å². The van der Waals surface area contributed by atoms with Gasteiger partial charge in [0.15, 0.2) is 0 Å². The van der Waals surface area contributed by atoms with E-state index in [1.165, 1.54) is 16.5 Å². The Balaban J connectivity index is 1.22. The summed E-state index contributed by atoms with van der Waals surface area (Å²) in [6.07, 6.45) is 5.14. The maximum atomic E-state index is 12.6. The van der Waals surface area contributed by atoms with Gasteiger partial charge in [0, 0.05) is 48.9 Å². The van der Waals surface area contributed by atoms with E-state index in [1.807, 2.05) is 18.3 Å². The molecule has 2 fully saturated rings. The topological polar surface area (TPSA) is 63.1 Å². The fourth-order valence-corrected chi connectivity index (χ4v) is 5.71. The minimum Gasteiger partial charge on any atom is -0.497 e. The number of likely N-dealkylation sites (tertiary alicyclic amines) is 1. The molecule has 1 saturated carbocycles. The van der Waals surface area contributed by atoms with Gasteiger partial charge in [0.25, 0.3) is 0 Å². The number of benzene rings is 3. The predicted molar refractivity (Wildman–Crippen MR) is 146 cm³/mol. The standard InChI is InChI=1S/C31H30N4O2/c1-37-26-9-11-29-28(17-26)33-30(35(29)19-20-13-15-34(18-20)31(36)23-6-7-23)22-4-2-21(3-5-22)24-8-10-27-25(16-24)12-14-32-27/h2-5,8-12,14,16-17,20,23,32H,6-7,13,15,18-19H2,1H3/t20-/m1/s1. The Morgan fingerprint density at radius 2 is 1.78 bits per heavy atom. The third-order valence-corrected chi connectivity index (χ3v) is 7.95. The van der Waals surface area contributed by atoms with Crippen molar-refractivity contribution >= 4 is 27.8 Å². The summed E-state index contributed by atoms with van der Waals surface area (Å²) in [4.78, 5) is 23.0. The number of nitrogens with one attached hydrogen (secondary N) is 1.